The Morgan fingerprint density at radius 1 is 1.20 bits per heavy atom. The van der Waals surface area contributed by atoms with Crippen LogP contribution in [0.1, 0.15) is 48.3 Å². The number of benzene rings is 1. The van der Waals surface area contributed by atoms with E-state index in [1.54, 1.807) is 28.5 Å². The number of ether oxygens (including phenoxy) is 1. The molecule has 4 aromatic rings. The predicted molar refractivity (Wildman–Crippen MR) is 145 cm³/mol. The van der Waals surface area contributed by atoms with Gasteiger partial charge in [0.05, 0.1) is 20.0 Å². The number of halogens is 3. The number of nitrogens with one attached hydrogen (secondary N) is 1. The third-order valence-corrected chi connectivity index (χ3v) is 6.95. The number of nitrogen functional groups attached to an aromatic ring is 1. The van der Waals surface area contributed by atoms with Gasteiger partial charge in [0, 0.05) is 55.8 Å². The van der Waals surface area contributed by atoms with Crippen LogP contribution in [0.25, 0.3) is 16.8 Å². The predicted octanol–water partition coefficient (Wildman–Crippen LogP) is 4.39. The van der Waals surface area contributed by atoms with Crippen molar-refractivity contribution in [3.8, 4) is 11.3 Å². The Morgan fingerprint density at radius 3 is 2.71 bits per heavy atom. The molecular formula is C28H28F3N7O3. The number of carbonyl (C=O) groups is 2. The average Bonchev–Trinajstić information content (AvgIpc) is 3.40. The largest absolute Gasteiger partial charge is 0.416 e. The van der Waals surface area contributed by atoms with E-state index in [4.69, 9.17) is 16.8 Å². The molecule has 41 heavy (non-hydrogen) atoms. The molecule has 0 bridgehead atoms. The highest BCUT2D eigenvalue weighted by molar-refractivity contribution is 6.04. The number of nitrogens with zero attached hydrogens (tertiary/aromatic N) is 5. The molecule has 1 unspecified atom stereocenters. The molecule has 1 fully saturated rings. The Balaban J connectivity index is 1.43. The number of fused-ring (bicyclic) bond motifs is 1. The van der Waals surface area contributed by atoms with Crippen LogP contribution in [0.15, 0.2) is 55.0 Å². The molecule has 13 heteroatoms. The summed E-state index contributed by atoms with van der Waals surface area (Å²) in [5, 5.41) is 2.38. The number of hydrogen-bond acceptors (Lipinski definition) is 7. The van der Waals surface area contributed by atoms with Gasteiger partial charge in [0.2, 0.25) is 5.91 Å². The summed E-state index contributed by atoms with van der Waals surface area (Å²) >= 11 is 0. The van der Waals surface area contributed by atoms with Crippen molar-refractivity contribution in [1.29, 1.82) is 0 Å². The normalized spacial score (nSPS) is 16.0. The Kier molecular flexibility index (Phi) is 7.51. The first-order valence-electron chi connectivity index (χ1n) is 13.4. The molecule has 0 radical (unpaired) electrons. The number of hydrogen-bond donors (Lipinski definition) is 2. The topological polar surface area (TPSA) is 128 Å². The highest BCUT2D eigenvalue weighted by atomic mass is 19.4. The lowest BCUT2D eigenvalue weighted by molar-refractivity contribution is -0.137. The number of anilines is 2. The molecule has 3 aromatic heterocycles. The lowest BCUT2D eigenvalue weighted by atomic mass is 9.97. The Bertz CT molecular complexity index is 1630. The quantitative estimate of drug-likeness (QED) is 0.339. The van der Waals surface area contributed by atoms with E-state index in [0.717, 1.165) is 31.2 Å². The molecule has 5 rings (SSSR count). The van der Waals surface area contributed by atoms with Gasteiger partial charge in [0.25, 0.3) is 5.91 Å². The second-order valence-corrected chi connectivity index (χ2v) is 9.66. The summed E-state index contributed by atoms with van der Waals surface area (Å²) in [6.45, 7) is 1.40. The third-order valence-electron chi connectivity index (χ3n) is 6.95. The van der Waals surface area contributed by atoms with Gasteiger partial charge in [-0.3, -0.25) is 14.0 Å². The van der Waals surface area contributed by atoms with E-state index in [1.165, 1.54) is 18.3 Å². The zero-order valence-electron chi connectivity index (χ0n) is 23.1. The molecule has 1 atom stereocenters. The van der Waals surface area contributed by atoms with Crippen LogP contribution in [0.3, 0.4) is 0 Å². The van der Waals surface area contributed by atoms with Crippen molar-refractivity contribution in [3.63, 3.8) is 0 Å². The third kappa shape index (κ3) is 5.99. The number of amides is 2. The number of carbonyl (C=O) groups excluding carboxylic acids is 2. The Morgan fingerprint density at radius 2 is 1.98 bits per heavy atom. The minimum atomic E-state index is -4.57. The van der Waals surface area contributed by atoms with Crippen LogP contribution in [0.4, 0.5) is 24.8 Å². The van der Waals surface area contributed by atoms with Gasteiger partial charge in [-0.2, -0.15) is 13.2 Å². The van der Waals surface area contributed by atoms with E-state index >= 15 is 0 Å². The molecule has 4 heterocycles. The molecule has 1 saturated heterocycles. The number of rotatable bonds is 7. The monoisotopic (exact) mass is 568 g/mol. The second-order valence-electron chi connectivity index (χ2n) is 9.66. The Labute approximate surface area is 234 Å². The smallest absolute Gasteiger partial charge is 0.384 e. The van der Waals surface area contributed by atoms with Gasteiger partial charge >= 0.3 is 6.18 Å². The van der Waals surface area contributed by atoms with Gasteiger partial charge in [0.15, 0.2) is 0 Å². The first-order valence-corrected chi connectivity index (χ1v) is 12.9. The fourth-order valence-electron chi connectivity index (χ4n) is 4.90. The number of likely N-dealkylation sites (tertiary alicyclic amines) is 1. The summed E-state index contributed by atoms with van der Waals surface area (Å²) in [7, 11) is 1.55. The molecule has 2 amide bonds. The number of imidazole rings is 1. The molecular weight excluding hydrogens is 539 g/mol. The minimum absolute atomic E-state index is 0.0101. The van der Waals surface area contributed by atoms with Gasteiger partial charge in [-0.25, -0.2) is 15.0 Å². The summed E-state index contributed by atoms with van der Waals surface area (Å²) in [6, 6.07) is 7.87. The van der Waals surface area contributed by atoms with E-state index in [2.05, 4.69) is 15.3 Å². The number of pyridine rings is 1. The van der Waals surface area contributed by atoms with Crippen LogP contribution in [-0.2, 0) is 15.7 Å². The number of alkyl halides is 3. The van der Waals surface area contributed by atoms with Crippen molar-refractivity contribution in [2.45, 2.75) is 31.4 Å². The zero-order chi connectivity index (χ0) is 30.0. The van der Waals surface area contributed by atoms with E-state index in [0.29, 0.717) is 42.3 Å². The Hall–Kier alpha value is -4.52. The maximum Gasteiger partial charge on any atom is 0.416 e. The summed E-state index contributed by atoms with van der Waals surface area (Å²) in [5.74, 6) is -0.278. The molecule has 1 aromatic carbocycles. The molecule has 0 spiro atoms. The van der Waals surface area contributed by atoms with Crippen LogP contribution < -0.4 is 11.1 Å². The van der Waals surface area contributed by atoms with E-state index in [1.807, 2.05) is 0 Å². The SMILES string of the molecule is [2H]c1cnc(N)c2c(-c3ccc(C(=O)Nc4cc(C(F)(F)F)ccn4)cc3)nc(C3CCCN(C(=O)CCOC)C3)n12. The van der Waals surface area contributed by atoms with Crippen molar-refractivity contribution >= 4 is 29.0 Å². The second kappa shape index (κ2) is 11.5. The van der Waals surface area contributed by atoms with Crippen LogP contribution in [0.2, 0.25) is 0 Å². The van der Waals surface area contributed by atoms with E-state index < -0.39 is 17.6 Å². The maximum absolute atomic E-state index is 13.0. The van der Waals surface area contributed by atoms with Gasteiger partial charge < -0.3 is 20.7 Å². The minimum Gasteiger partial charge on any atom is -0.384 e. The average molecular weight is 569 g/mol. The van der Waals surface area contributed by atoms with Crippen LogP contribution >= 0.6 is 0 Å². The van der Waals surface area contributed by atoms with Crippen LogP contribution in [-0.4, -0.2) is 62.9 Å². The molecule has 214 valence electrons. The highest BCUT2D eigenvalue weighted by Crippen LogP contribution is 2.34. The lowest BCUT2D eigenvalue weighted by Gasteiger charge is -2.32. The number of methoxy groups -OCH3 is 1. The molecule has 0 aliphatic carbocycles. The highest BCUT2D eigenvalue weighted by Gasteiger charge is 2.31. The first kappa shape index (κ1) is 26.7. The van der Waals surface area contributed by atoms with Gasteiger partial charge in [0.1, 0.15) is 28.7 Å². The summed E-state index contributed by atoms with van der Waals surface area (Å²) in [4.78, 5) is 40.0. The van der Waals surface area contributed by atoms with Crippen molar-refractivity contribution < 1.29 is 28.9 Å². The van der Waals surface area contributed by atoms with E-state index in [9.17, 15) is 22.8 Å². The fourth-order valence-corrected chi connectivity index (χ4v) is 4.90. The number of piperidine rings is 1. The maximum atomic E-state index is 13.0. The van der Waals surface area contributed by atoms with Crippen LogP contribution in [0, 0.1) is 0 Å². The fraction of sp³-hybridized carbons (Fsp3) is 0.321. The molecule has 10 nitrogen and oxygen atoms in total. The van der Waals surface area contributed by atoms with Crippen LogP contribution in [0.5, 0.6) is 0 Å². The van der Waals surface area contributed by atoms with Crippen molar-refractivity contribution in [2.75, 3.05) is 37.9 Å². The molecule has 1 aliphatic heterocycles. The summed E-state index contributed by atoms with van der Waals surface area (Å²) in [5.41, 5.74) is 7.01. The molecule has 0 saturated carbocycles. The van der Waals surface area contributed by atoms with E-state index in [-0.39, 0.29) is 41.6 Å². The number of aromatic nitrogens is 4. The van der Waals surface area contributed by atoms with Gasteiger partial charge in [-0.15, -0.1) is 0 Å². The number of nitrogens with two attached hydrogens (primary N) is 1. The van der Waals surface area contributed by atoms with Gasteiger partial charge in [-0.05, 0) is 37.1 Å². The summed E-state index contributed by atoms with van der Waals surface area (Å²) < 4.78 is 54.3. The zero-order valence-corrected chi connectivity index (χ0v) is 22.1. The lowest BCUT2D eigenvalue weighted by Crippen LogP contribution is -2.39. The van der Waals surface area contributed by atoms with Crippen molar-refractivity contribution in [2.24, 2.45) is 0 Å². The molecule has 3 N–H and O–H groups in total. The first-order chi connectivity index (χ1) is 20.1. The van der Waals surface area contributed by atoms with Crippen molar-refractivity contribution in [3.05, 3.63) is 71.9 Å². The van der Waals surface area contributed by atoms with Crippen molar-refractivity contribution in [1.82, 2.24) is 24.3 Å². The molecule has 1 aliphatic rings. The summed E-state index contributed by atoms with van der Waals surface area (Å²) in [6.07, 6.45) is -0.355. The van der Waals surface area contributed by atoms with Gasteiger partial charge in [-0.1, -0.05) is 12.1 Å². The standard InChI is InChI=1S/C28H28F3N7O3/c1-41-14-9-22(39)37-12-2-3-19(16-37)26-36-23(24-25(32)34-11-13-38(24)26)17-4-6-18(7-5-17)27(40)35-21-15-20(8-10-33-21)28(29,30)31/h4-8,10-11,13,15,19H,2-3,9,12,14,16H2,1H3,(H2,32,34)(H,33,35,40)/i13D.